The number of hydrogen-bond donors (Lipinski definition) is 0. The molecule has 0 amide bonds. The van der Waals surface area contributed by atoms with E-state index in [1.54, 1.807) is 0 Å². The van der Waals surface area contributed by atoms with Crippen molar-refractivity contribution in [1.82, 2.24) is 10.2 Å². The maximum atomic E-state index is 5.96. The Morgan fingerprint density at radius 3 is 2.11 bits per heavy atom. The third-order valence-corrected chi connectivity index (χ3v) is 4.53. The summed E-state index contributed by atoms with van der Waals surface area (Å²) in [6.07, 6.45) is 0. The summed E-state index contributed by atoms with van der Waals surface area (Å²) < 4.78 is 11.8. The van der Waals surface area contributed by atoms with Crippen LogP contribution in [0.25, 0.3) is 33.7 Å². The number of ether oxygens (including phenoxy) is 1. The van der Waals surface area contributed by atoms with E-state index in [0.29, 0.717) is 11.8 Å². The van der Waals surface area contributed by atoms with Gasteiger partial charge in [0.1, 0.15) is 11.5 Å². The number of benzene rings is 4. The zero-order valence-electron chi connectivity index (χ0n) is 14.9. The molecule has 0 saturated heterocycles. The van der Waals surface area contributed by atoms with E-state index in [1.165, 1.54) is 0 Å². The number of fused-ring (bicyclic) bond motifs is 1. The Labute approximate surface area is 162 Å². The van der Waals surface area contributed by atoms with Crippen LogP contribution in [0, 0.1) is 0 Å². The number of aromatic nitrogens is 2. The van der Waals surface area contributed by atoms with E-state index in [-0.39, 0.29) is 0 Å². The fraction of sp³-hybridized carbons (Fsp3) is 0. The molecule has 28 heavy (non-hydrogen) atoms. The summed E-state index contributed by atoms with van der Waals surface area (Å²) in [4.78, 5) is 0. The Hall–Kier alpha value is -3.92. The minimum atomic E-state index is 0.481. The standard InChI is InChI=1S/C24H16N2O2/c1-2-9-19(10-3-1)27-20-15-13-18(14-16-20)23-25-26-24(28-23)22-12-6-8-17-7-4-5-11-21(17)22/h1-16H. The minimum absolute atomic E-state index is 0.481. The first-order valence-corrected chi connectivity index (χ1v) is 9.02. The van der Waals surface area contributed by atoms with Gasteiger partial charge in [0.05, 0.1) is 0 Å². The van der Waals surface area contributed by atoms with Crippen LogP contribution in [0.5, 0.6) is 11.5 Å². The Morgan fingerprint density at radius 1 is 0.571 bits per heavy atom. The average molecular weight is 364 g/mol. The van der Waals surface area contributed by atoms with Crippen molar-refractivity contribution >= 4 is 10.8 Å². The molecule has 0 saturated carbocycles. The highest BCUT2D eigenvalue weighted by molar-refractivity contribution is 5.94. The summed E-state index contributed by atoms with van der Waals surface area (Å²) >= 11 is 0. The van der Waals surface area contributed by atoms with Crippen LogP contribution >= 0.6 is 0 Å². The number of nitrogens with zero attached hydrogens (tertiary/aromatic N) is 2. The fourth-order valence-corrected chi connectivity index (χ4v) is 3.15. The molecule has 0 aliphatic rings. The molecule has 5 aromatic rings. The average Bonchev–Trinajstić information content (AvgIpc) is 3.25. The van der Waals surface area contributed by atoms with E-state index in [2.05, 4.69) is 28.4 Å². The molecule has 0 radical (unpaired) electrons. The lowest BCUT2D eigenvalue weighted by Crippen LogP contribution is -1.84. The van der Waals surface area contributed by atoms with Gasteiger partial charge in [0.2, 0.25) is 11.8 Å². The van der Waals surface area contributed by atoms with Gasteiger partial charge in [-0.05, 0) is 53.2 Å². The molecule has 0 aliphatic carbocycles. The second-order valence-electron chi connectivity index (χ2n) is 6.38. The van der Waals surface area contributed by atoms with Crippen molar-refractivity contribution in [3.05, 3.63) is 97.1 Å². The van der Waals surface area contributed by atoms with Crippen LogP contribution in [-0.2, 0) is 0 Å². The lowest BCUT2D eigenvalue weighted by Gasteiger charge is -2.05. The first kappa shape index (κ1) is 16.3. The van der Waals surface area contributed by atoms with Crippen molar-refractivity contribution in [1.29, 1.82) is 0 Å². The molecule has 134 valence electrons. The van der Waals surface area contributed by atoms with Gasteiger partial charge in [-0.2, -0.15) is 0 Å². The van der Waals surface area contributed by atoms with E-state index in [4.69, 9.17) is 9.15 Å². The van der Waals surface area contributed by atoms with Crippen molar-refractivity contribution in [2.24, 2.45) is 0 Å². The minimum Gasteiger partial charge on any atom is -0.457 e. The summed E-state index contributed by atoms with van der Waals surface area (Å²) in [6.45, 7) is 0. The summed E-state index contributed by atoms with van der Waals surface area (Å²) in [5.41, 5.74) is 1.78. The molecule has 0 bridgehead atoms. The van der Waals surface area contributed by atoms with Crippen LogP contribution in [0.3, 0.4) is 0 Å². The second kappa shape index (κ2) is 7.00. The Bertz CT molecular complexity index is 1220. The van der Waals surface area contributed by atoms with Crippen LogP contribution in [0.4, 0.5) is 0 Å². The number of para-hydroxylation sites is 1. The molecule has 1 heterocycles. The Morgan fingerprint density at radius 2 is 1.25 bits per heavy atom. The first-order chi connectivity index (χ1) is 13.9. The highest BCUT2D eigenvalue weighted by atomic mass is 16.5. The van der Waals surface area contributed by atoms with E-state index in [0.717, 1.165) is 33.4 Å². The first-order valence-electron chi connectivity index (χ1n) is 9.02. The third kappa shape index (κ3) is 3.12. The quantitative estimate of drug-likeness (QED) is 0.373. The summed E-state index contributed by atoms with van der Waals surface area (Å²) in [6, 6.07) is 31.5. The monoisotopic (exact) mass is 364 g/mol. The van der Waals surface area contributed by atoms with Crippen molar-refractivity contribution < 1.29 is 9.15 Å². The molecule has 4 aromatic carbocycles. The van der Waals surface area contributed by atoms with Crippen molar-refractivity contribution in [3.63, 3.8) is 0 Å². The molecular formula is C24H16N2O2. The predicted molar refractivity (Wildman–Crippen MR) is 109 cm³/mol. The van der Waals surface area contributed by atoms with E-state index in [9.17, 15) is 0 Å². The summed E-state index contributed by atoms with van der Waals surface area (Å²) in [5.74, 6) is 2.54. The topological polar surface area (TPSA) is 48.2 Å². The molecule has 0 N–H and O–H groups in total. The zero-order chi connectivity index (χ0) is 18.8. The van der Waals surface area contributed by atoms with Gasteiger partial charge in [-0.25, -0.2) is 0 Å². The molecule has 0 unspecified atom stereocenters. The van der Waals surface area contributed by atoms with Crippen LogP contribution in [0.1, 0.15) is 0 Å². The molecule has 0 aliphatic heterocycles. The number of rotatable bonds is 4. The summed E-state index contributed by atoms with van der Waals surface area (Å²) in [7, 11) is 0. The van der Waals surface area contributed by atoms with E-state index >= 15 is 0 Å². The largest absolute Gasteiger partial charge is 0.457 e. The third-order valence-electron chi connectivity index (χ3n) is 4.53. The molecule has 4 heteroatoms. The molecule has 5 rings (SSSR count). The maximum Gasteiger partial charge on any atom is 0.248 e. The molecule has 0 spiro atoms. The SMILES string of the molecule is c1ccc(Oc2ccc(-c3nnc(-c4cccc5ccccc45)o3)cc2)cc1. The van der Waals surface area contributed by atoms with Crippen LogP contribution in [-0.4, -0.2) is 10.2 Å². The maximum absolute atomic E-state index is 5.96. The molecule has 4 nitrogen and oxygen atoms in total. The van der Waals surface area contributed by atoms with Crippen molar-refractivity contribution in [2.45, 2.75) is 0 Å². The zero-order valence-corrected chi connectivity index (χ0v) is 14.9. The van der Waals surface area contributed by atoms with Crippen molar-refractivity contribution in [3.8, 4) is 34.4 Å². The normalized spacial score (nSPS) is 10.9. The van der Waals surface area contributed by atoms with Gasteiger partial charge in [0, 0.05) is 11.1 Å². The van der Waals surface area contributed by atoms with Crippen LogP contribution < -0.4 is 4.74 Å². The van der Waals surface area contributed by atoms with Gasteiger partial charge < -0.3 is 9.15 Å². The highest BCUT2D eigenvalue weighted by Crippen LogP contribution is 2.30. The van der Waals surface area contributed by atoms with Crippen molar-refractivity contribution in [2.75, 3.05) is 0 Å². The van der Waals surface area contributed by atoms with Gasteiger partial charge in [0.15, 0.2) is 0 Å². The van der Waals surface area contributed by atoms with Gasteiger partial charge in [-0.3, -0.25) is 0 Å². The molecule has 0 atom stereocenters. The van der Waals surface area contributed by atoms with Gasteiger partial charge in [-0.15, -0.1) is 10.2 Å². The number of hydrogen-bond acceptors (Lipinski definition) is 4. The Kier molecular flexibility index (Phi) is 4.07. The van der Waals surface area contributed by atoms with Crippen LogP contribution in [0.15, 0.2) is 101 Å². The molecular weight excluding hydrogens is 348 g/mol. The predicted octanol–water partition coefficient (Wildman–Crippen LogP) is 6.35. The van der Waals surface area contributed by atoms with Crippen LogP contribution in [0.2, 0.25) is 0 Å². The van der Waals surface area contributed by atoms with E-state index in [1.807, 2.05) is 78.9 Å². The summed E-state index contributed by atoms with van der Waals surface area (Å²) in [5, 5.41) is 10.7. The smallest absolute Gasteiger partial charge is 0.248 e. The van der Waals surface area contributed by atoms with Gasteiger partial charge in [0.25, 0.3) is 0 Å². The fourth-order valence-electron chi connectivity index (χ4n) is 3.15. The molecule has 1 aromatic heterocycles. The molecule has 0 fully saturated rings. The van der Waals surface area contributed by atoms with Gasteiger partial charge in [-0.1, -0.05) is 54.6 Å². The Balaban J connectivity index is 1.43. The lowest BCUT2D eigenvalue weighted by molar-refractivity contribution is 0.482. The second-order valence-corrected chi connectivity index (χ2v) is 6.38. The highest BCUT2D eigenvalue weighted by Gasteiger charge is 2.13. The lowest BCUT2D eigenvalue weighted by atomic mass is 10.0. The van der Waals surface area contributed by atoms with E-state index < -0.39 is 0 Å². The van der Waals surface area contributed by atoms with Gasteiger partial charge >= 0.3 is 0 Å².